The molecule has 68 valence electrons. The molecule has 0 aromatic carbocycles. The van der Waals surface area contributed by atoms with Gasteiger partial charge in [0, 0.05) is 5.41 Å². The lowest BCUT2D eigenvalue weighted by Crippen LogP contribution is -2.20. The second-order valence-corrected chi connectivity index (χ2v) is 3.54. The van der Waals surface area contributed by atoms with Gasteiger partial charge in [0.05, 0.1) is 11.9 Å². The number of hydrogen-bond donors (Lipinski definition) is 2. The van der Waals surface area contributed by atoms with Crippen molar-refractivity contribution in [3.8, 4) is 5.75 Å². The maximum atomic E-state index is 9.52. The summed E-state index contributed by atoms with van der Waals surface area (Å²) in [7, 11) is 0. The van der Waals surface area contributed by atoms with Crippen molar-refractivity contribution in [2.24, 2.45) is 0 Å². The second-order valence-electron chi connectivity index (χ2n) is 3.54. The minimum Gasteiger partial charge on any atom is -0.504 e. The predicted octanol–water partition coefficient (Wildman–Crippen LogP) is 1.89. The summed E-state index contributed by atoms with van der Waals surface area (Å²) in [4.78, 5) is 0. The Kier molecular flexibility index (Phi) is 1.72. The van der Waals surface area contributed by atoms with E-state index in [1.807, 2.05) is 12.2 Å². The fourth-order valence-electron chi connectivity index (χ4n) is 1.61. The Morgan fingerprint density at radius 3 is 2.92 bits per heavy atom. The van der Waals surface area contributed by atoms with Crippen molar-refractivity contribution in [3.05, 3.63) is 36.2 Å². The zero-order chi connectivity index (χ0) is 9.31. The number of nitrogens with zero attached hydrogens (tertiary/aromatic N) is 1. The first-order valence-corrected chi connectivity index (χ1v) is 4.29. The standard InChI is InChI=1S/C10H12N2O/c1-10(5-3-2-4-6-10)9-8(13)7-11-12-9/h2-5,7,13H,6H2,1H3,(H,11,12). The highest BCUT2D eigenvalue weighted by Crippen LogP contribution is 2.35. The molecule has 1 aromatic heterocycles. The van der Waals surface area contributed by atoms with Crippen molar-refractivity contribution in [1.82, 2.24) is 10.2 Å². The summed E-state index contributed by atoms with van der Waals surface area (Å²) < 4.78 is 0. The highest BCUT2D eigenvalue weighted by Gasteiger charge is 2.27. The van der Waals surface area contributed by atoms with E-state index in [2.05, 4.69) is 29.3 Å². The third-order valence-corrected chi connectivity index (χ3v) is 2.44. The second kappa shape index (κ2) is 2.76. The van der Waals surface area contributed by atoms with E-state index in [1.54, 1.807) is 0 Å². The molecule has 0 amide bonds. The Morgan fingerprint density at radius 2 is 2.38 bits per heavy atom. The number of H-pyrrole nitrogens is 1. The van der Waals surface area contributed by atoms with Gasteiger partial charge in [-0.1, -0.05) is 31.2 Å². The Morgan fingerprint density at radius 1 is 1.54 bits per heavy atom. The summed E-state index contributed by atoms with van der Waals surface area (Å²) >= 11 is 0. The topological polar surface area (TPSA) is 48.9 Å². The van der Waals surface area contributed by atoms with E-state index < -0.39 is 0 Å². The minimum atomic E-state index is -0.144. The number of allylic oxidation sites excluding steroid dienone is 4. The summed E-state index contributed by atoms with van der Waals surface area (Å²) in [5, 5.41) is 16.2. The molecule has 0 saturated carbocycles. The normalized spacial score (nSPS) is 26.5. The zero-order valence-corrected chi connectivity index (χ0v) is 7.49. The van der Waals surface area contributed by atoms with E-state index in [0.29, 0.717) is 0 Å². The van der Waals surface area contributed by atoms with Gasteiger partial charge in [0.2, 0.25) is 0 Å². The summed E-state index contributed by atoms with van der Waals surface area (Å²) in [6, 6.07) is 0. The number of rotatable bonds is 1. The number of aromatic amines is 1. The highest BCUT2D eigenvalue weighted by atomic mass is 16.3. The number of nitrogens with one attached hydrogen (secondary N) is 1. The van der Waals surface area contributed by atoms with Crippen LogP contribution in [0.25, 0.3) is 0 Å². The van der Waals surface area contributed by atoms with Crippen molar-refractivity contribution in [2.45, 2.75) is 18.8 Å². The fraction of sp³-hybridized carbons (Fsp3) is 0.300. The molecule has 1 aliphatic carbocycles. The monoisotopic (exact) mass is 176 g/mol. The van der Waals surface area contributed by atoms with Gasteiger partial charge >= 0.3 is 0 Å². The van der Waals surface area contributed by atoms with Gasteiger partial charge in [-0.15, -0.1) is 0 Å². The van der Waals surface area contributed by atoms with E-state index in [0.717, 1.165) is 12.1 Å². The third-order valence-electron chi connectivity index (χ3n) is 2.44. The van der Waals surface area contributed by atoms with Crippen LogP contribution in [0.15, 0.2) is 30.5 Å². The van der Waals surface area contributed by atoms with Gasteiger partial charge in [-0.2, -0.15) is 5.10 Å². The molecule has 1 atom stereocenters. The average molecular weight is 176 g/mol. The molecule has 1 heterocycles. The molecule has 0 saturated heterocycles. The smallest absolute Gasteiger partial charge is 0.157 e. The summed E-state index contributed by atoms with van der Waals surface area (Å²) in [5.41, 5.74) is 0.642. The maximum Gasteiger partial charge on any atom is 0.157 e. The minimum absolute atomic E-state index is 0.144. The van der Waals surface area contributed by atoms with Gasteiger partial charge in [-0.05, 0) is 6.42 Å². The van der Waals surface area contributed by atoms with Crippen LogP contribution in [0.1, 0.15) is 19.0 Å². The molecule has 0 radical (unpaired) electrons. The first-order valence-electron chi connectivity index (χ1n) is 4.29. The first-order chi connectivity index (χ1) is 6.22. The van der Waals surface area contributed by atoms with Gasteiger partial charge in [0.1, 0.15) is 0 Å². The summed E-state index contributed by atoms with van der Waals surface area (Å²) in [6.07, 6.45) is 10.5. The van der Waals surface area contributed by atoms with Crippen LogP contribution in [-0.4, -0.2) is 15.3 Å². The summed E-state index contributed by atoms with van der Waals surface area (Å²) in [6.45, 7) is 2.07. The Hall–Kier alpha value is -1.51. The van der Waals surface area contributed by atoms with Crippen LogP contribution in [-0.2, 0) is 5.41 Å². The zero-order valence-electron chi connectivity index (χ0n) is 7.49. The van der Waals surface area contributed by atoms with E-state index >= 15 is 0 Å². The van der Waals surface area contributed by atoms with E-state index in [-0.39, 0.29) is 11.2 Å². The van der Waals surface area contributed by atoms with Gasteiger partial charge in [-0.25, -0.2) is 0 Å². The van der Waals surface area contributed by atoms with Gasteiger partial charge < -0.3 is 5.11 Å². The van der Waals surface area contributed by atoms with Crippen molar-refractivity contribution >= 4 is 0 Å². The van der Waals surface area contributed by atoms with E-state index in [9.17, 15) is 5.11 Å². The van der Waals surface area contributed by atoms with Crippen LogP contribution in [0.5, 0.6) is 5.75 Å². The fourth-order valence-corrected chi connectivity index (χ4v) is 1.61. The molecule has 3 nitrogen and oxygen atoms in total. The molecule has 13 heavy (non-hydrogen) atoms. The van der Waals surface area contributed by atoms with Gasteiger partial charge in [0.15, 0.2) is 5.75 Å². The molecule has 3 heteroatoms. The third kappa shape index (κ3) is 1.26. The van der Waals surface area contributed by atoms with Crippen molar-refractivity contribution < 1.29 is 5.11 Å². The SMILES string of the molecule is CC1(c2[nH]ncc2O)C=CC=CC1. The molecule has 0 aliphatic heterocycles. The largest absolute Gasteiger partial charge is 0.504 e. The lowest BCUT2D eigenvalue weighted by molar-refractivity contribution is 0.447. The Balaban J connectivity index is 2.40. The van der Waals surface area contributed by atoms with Crippen molar-refractivity contribution in [3.63, 3.8) is 0 Å². The molecular formula is C10H12N2O. The molecule has 2 N–H and O–H groups in total. The average Bonchev–Trinajstić information content (AvgIpc) is 2.53. The first kappa shape index (κ1) is 8.10. The lowest BCUT2D eigenvalue weighted by Gasteiger charge is -2.24. The van der Waals surface area contributed by atoms with E-state index in [1.165, 1.54) is 6.20 Å². The highest BCUT2D eigenvalue weighted by molar-refractivity contribution is 5.37. The molecular weight excluding hydrogens is 164 g/mol. The van der Waals surface area contributed by atoms with Crippen LogP contribution in [0.4, 0.5) is 0 Å². The molecule has 1 unspecified atom stereocenters. The van der Waals surface area contributed by atoms with Crippen LogP contribution >= 0.6 is 0 Å². The maximum absolute atomic E-state index is 9.52. The molecule has 0 spiro atoms. The predicted molar refractivity (Wildman–Crippen MR) is 50.5 cm³/mol. The Bertz CT molecular complexity index is 365. The lowest BCUT2D eigenvalue weighted by atomic mass is 9.80. The number of aromatic hydroxyl groups is 1. The molecule has 2 rings (SSSR count). The van der Waals surface area contributed by atoms with Crippen LogP contribution in [0.3, 0.4) is 0 Å². The van der Waals surface area contributed by atoms with Gasteiger partial charge in [-0.3, -0.25) is 5.10 Å². The molecule has 1 aromatic rings. The van der Waals surface area contributed by atoms with Crippen LogP contribution in [0.2, 0.25) is 0 Å². The van der Waals surface area contributed by atoms with Crippen molar-refractivity contribution in [2.75, 3.05) is 0 Å². The van der Waals surface area contributed by atoms with Crippen LogP contribution in [0, 0.1) is 0 Å². The van der Waals surface area contributed by atoms with Crippen LogP contribution < -0.4 is 0 Å². The summed E-state index contributed by atoms with van der Waals surface area (Å²) in [5.74, 6) is 0.238. The van der Waals surface area contributed by atoms with Gasteiger partial charge in [0.25, 0.3) is 0 Å². The number of hydrogen-bond acceptors (Lipinski definition) is 2. The molecule has 0 fully saturated rings. The van der Waals surface area contributed by atoms with E-state index in [4.69, 9.17) is 0 Å². The number of aromatic nitrogens is 2. The Labute approximate surface area is 76.8 Å². The van der Waals surface area contributed by atoms with Crippen molar-refractivity contribution in [1.29, 1.82) is 0 Å². The molecule has 1 aliphatic rings. The molecule has 0 bridgehead atoms. The quantitative estimate of drug-likeness (QED) is 0.686.